The number of aliphatic hydroxyl groups is 1. The molecule has 0 aliphatic heterocycles. The zero-order chi connectivity index (χ0) is 15.9. The van der Waals surface area contributed by atoms with Gasteiger partial charge in [0.15, 0.2) is 4.90 Å². The summed E-state index contributed by atoms with van der Waals surface area (Å²) in [5.41, 5.74) is 0.984. The van der Waals surface area contributed by atoms with E-state index < -0.39 is 0 Å². The molecule has 2 unspecified atom stereocenters. The number of benzene rings is 1. The van der Waals surface area contributed by atoms with Gasteiger partial charge in [-0.1, -0.05) is 49.9 Å². The summed E-state index contributed by atoms with van der Waals surface area (Å²) in [6.07, 6.45) is 10.8. The lowest BCUT2D eigenvalue weighted by Crippen LogP contribution is -2.13. The smallest absolute Gasteiger partial charge is 0.165 e. The van der Waals surface area contributed by atoms with Crippen LogP contribution in [0.4, 0.5) is 0 Å². The Morgan fingerprint density at radius 1 is 1.18 bits per heavy atom. The van der Waals surface area contributed by atoms with Gasteiger partial charge in [0.05, 0.1) is 16.7 Å². The quantitative estimate of drug-likeness (QED) is 0.548. The van der Waals surface area contributed by atoms with Crippen LogP contribution in [0.15, 0.2) is 93.8 Å². The van der Waals surface area contributed by atoms with Gasteiger partial charge in [-0.25, -0.2) is 0 Å². The second-order valence-corrected chi connectivity index (χ2v) is 7.33. The number of hydrogen-bond donors (Lipinski definition) is 1. The predicted octanol–water partition coefficient (Wildman–Crippen LogP) is 5.68. The summed E-state index contributed by atoms with van der Waals surface area (Å²) in [6.45, 7) is 7.76. The summed E-state index contributed by atoms with van der Waals surface area (Å²) in [6, 6.07) is 10.5. The first-order valence-corrected chi connectivity index (χ1v) is 8.76. The van der Waals surface area contributed by atoms with Crippen molar-refractivity contribution >= 4 is 10.9 Å². The zero-order valence-electron chi connectivity index (χ0n) is 13.2. The molecule has 114 valence electrons. The monoisotopic (exact) mass is 311 g/mol. The average molecular weight is 311 g/mol. The fourth-order valence-electron chi connectivity index (χ4n) is 2.47. The minimum absolute atomic E-state index is 0.0844. The van der Waals surface area contributed by atoms with Crippen molar-refractivity contribution in [1.82, 2.24) is 0 Å². The van der Waals surface area contributed by atoms with Crippen molar-refractivity contribution in [3.05, 3.63) is 88.9 Å². The van der Waals surface area contributed by atoms with E-state index in [4.69, 9.17) is 0 Å². The van der Waals surface area contributed by atoms with E-state index in [0.29, 0.717) is 5.76 Å². The van der Waals surface area contributed by atoms with Crippen molar-refractivity contribution < 1.29 is 5.11 Å². The Balaban J connectivity index is 2.37. The summed E-state index contributed by atoms with van der Waals surface area (Å²) < 4.78 is 0. The molecule has 22 heavy (non-hydrogen) atoms. The topological polar surface area (TPSA) is 20.2 Å². The van der Waals surface area contributed by atoms with E-state index in [1.807, 2.05) is 25.1 Å². The first-order valence-electron chi connectivity index (χ1n) is 7.47. The molecule has 0 fully saturated rings. The second-order valence-electron chi connectivity index (χ2n) is 5.38. The molecule has 1 N–H and O–H groups in total. The van der Waals surface area contributed by atoms with Gasteiger partial charge < -0.3 is 5.11 Å². The molecule has 0 amide bonds. The fourth-order valence-corrected chi connectivity index (χ4v) is 4.53. The van der Waals surface area contributed by atoms with Crippen LogP contribution in [0, 0.1) is 5.92 Å². The van der Waals surface area contributed by atoms with Gasteiger partial charge in [0.2, 0.25) is 0 Å². The third-order valence-corrected chi connectivity index (χ3v) is 5.67. The zero-order valence-corrected chi connectivity index (χ0v) is 14.0. The maximum absolute atomic E-state index is 10.1. The molecule has 0 heterocycles. The normalized spacial score (nSPS) is 20.5. The Morgan fingerprint density at radius 2 is 1.91 bits per heavy atom. The second kappa shape index (κ2) is 7.90. The van der Waals surface area contributed by atoms with Crippen LogP contribution >= 0.6 is 0 Å². The van der Waals surface area contributed by atoms with Crippen molar-refractivity contribution in [3.63, 3.8) is 0 Å². The van der Waals surface area contributed by atoms with E-state index in [1.54, 1.807) is 6.08 Å². The maximum Gasteiger partial charge on any atom is 0.165 e. The molecule has 1 aliphatic rings. The third-order valence-electron chi connectivity index (χ3n) is 3.61. The van der Waals surface area contributed by atoms with Gasteiger partial charge in [0.25, 0.3) is 0 Å². The van der Waals surface area contributed by atoms with Crippen molar-refractivity contribution in [2.75, 3.05) is 0 Å². The first-order chi connectivity index (χ1) is 10.6. The van der Waals surface area contributed by atoms with E-state index in [-0.39, 0.29) is 16.8 Å². The molecule has 2 heteroatoms. The highest BCUT2D eigenvalue weighted by molar-refractivity contribution is 8.03. The van der Waals surface area contributed by atoms with Gasteiger partial charge in [0.1, 0.15) is 10.3 Å². The molecule has 0 saturated heterocycles. The lowest BCUT2D eigenvalue weighted by Gasteiger charge is -2.19. The molecule has 0 aromatic heterocycles. The van der Waals surface area contributed by atoms with Crippen LogP contribution in [0.5, 0.6) is 0 Å². The summed E-state index contributed by atoms with van der Waals surface area (Å²) in [5, 5.41) is 12.3. The van der Waals surface area contributed by atoms with E-state index >= 15 is 0 Å². The Morgan fingerprint density at radius 3 is 2.55 bits per heavy atom. The summed E-state index contributed by atoms with van der Waals surface area (Å²) in [7, 11) is -0.0844. The van der Waals surface area contributed by atoms with Gasteiger partial charge in [-0.3, -0.25) is 0 Å². The van der Waals surface area contributed by atoms with Crippen LogP contribution in [0.2, 0.25) is 0 Å². The molecule has 0 bridgehead atoms. The number of rotatable bonds is 5. The number of allylic oxidation sites excluding steroid dienone is 8. The Hall–Kier alpha value is -1.93. The van der Waals surface area contributed by atoms with Crippen LogP contribution < -0.4 is 0 Å². The first kappa shape index (κ1) is 16.4. The fraction of sp³-hybridized carbons (Fsp3) is 0.200. The third kappa shape index (κ3) is 4.05. The van der Waals surface area contributed by atoms with Gasteiger partial charge in [-0.05, 0) is 36.8 Å². The average Bonchev–Trinajstić information content (AvgIpc) is 2.53. The SMILES string of the molecule is C=C/C=C\C=C\[S+](C1=CC(C)=C(O)C(C)C1)c1ccccc1. The van der Waals surface area contributed by atoms with Gasteiger partial charge in [-0.15, -0.1) is 0 Å². The van der Waals surface area contributed by atoms with Crippen molar-refractivity contribution in [2.45, 2.75) is 25.2 Å². The van der Waals surface area contributed by atoms with E-state index in [9.17, 15) is 5.11 Å². The highest BCUT2D eigenvalue weighted by Gasteiger charge is 2.31. The molecule has 1 aromatic rings. The molecule has 0 saturated carbocycles. The standard InChI is InChI=1S/C20H22OS/c1-4-5-6-10-13-22(18-11-8-7-9-12-18)19-14-16(2)20(21)17(3)15-19/h4-14,17H,1,15H2,2-3H3/p+1/b6-5-,13-10+. The van der Waals surface area contributed by atoms with Crippen LogP contribution in [0.3, 0.4) is 0 Å². The molecule has 0 spiro atoms. The molecule has 0 radical (unpaired) electrons. The van der Waals surface area contributed by atoms with Crippen molar-refractivity contribution in [1.29, 1.82) is 0 Å². The van der Waals surface area contributed by atoms with Crippen molar-refractivity contribution in [3.8, 4) is 0 Å². The minimum Gasteiger partial charge on any atom is -0.512 e. The van der Waals surface area contributed by atoms with Gasteiger partial charge in [-0.2, -0.15) is 0 Å². The molecule has 1 aliphatic carbocycles. The molecular weight excluding hydrogens is 288 g/mol. The molecule has 1 nitrogen and oxygen atoms in total. The number of hydrogen-bond acceptors (Lipinski definition) is 1. The summed E-state index contributed by atoms with van der Waals surface area (Å²) in [4.78, 5) is 2.68. The maximum atomic E-state index is 10.1. The predicted molar refractivity (Wildman–Crippen MR) is 97.7 cm³/mol. The van der Waals surface area contributed by atoms with E-state index in [1.165, 1.54) is 9.80 Å². The van der Waals surface area contributed by atoms with Crippen molar-refractivity contribution in [2.24, 2.45) is 5.92 Å². The Labute approximate surface area is 136 Å². The van der Waals surface area contributed by atoms with Crippen LogP contribution in [0.25, 0.3) is 0 Å². The molecule has 2 rings (SSSR count). The minimum atomic E-state index is -0.0844. The summed E-state index contributed by atoms with van der Waals surface area (Å²) >= 11 is 0. The lowest BCUT2D eigenvalue weighted by atomic mass is 9.96. The van der Waals surface area contributed by atoms with Gasteiger partial charge >= 0.3 is 0 Å². The largest absolute Gasteiger partial charge is 0.512 e. The highest BCUT2D eigenvalue weighted by atomic mass is 32.2. The lowest BCUT2D eigenvalue weighted by molar-refractivity contribution is 0.332. The molecule has 2 atom stereocenters. The molecule has 1 aromatic carbocycles. The molecular formula is C20H23OS+. The van der Waals surface area contributed by atoms with Crippen LogP contribution in [-0.2, 0) is 10.9 Å². The van der Waals surface area contributed by atoms with Gasteiger partial charge in [0, 0.05) is 12.3 Å². The van der Waals surface area contributed by atoms with E-state index in [0.717, 1.165) is 12.0 Å². The van der Waals surface area contributed by atoms with Crippen LogP contribution in [-0.4, -0.2) is 5.11 Å². The number of aliphatic hydroxyl groups excluding tert-OH is 1. The Kier molecular flexibility index (Phi) is 5.91. The summed E-state index contributed by atoms with van der Waals surface area (Å²) in [5.74, 6) is 0.715. The highest BCUT2D eigenvalue weighted by Crippen LogP contribution is 2.35. The van der Waals surface area contributed by atoms with E-state index in [2.05, 4.69) is 55.3 Å². The Bertz CT molecular complexity index is 635. The van der Waals surface area contributed by atoms with Crippen LogP contribution in [0.1, 0.15) is 20.3 Å².